The van der Waals surface area contributed by atoms with Crippen molar-refractivity contribution >= 4 is 0 Å². The molecule has 0 amide bonds. The number of ether oxygens (including phenoxy) is 4. The molecule has 23 heavy (non-hydrogen) atoms. The summed E-state index contributed by atoms with van der Waals surface area (Å²) >= 11 is 0. The Morgan fingerprint density at radius 2 is 1.65 bits per heavy atom. The van der Waals surface area contributed by atoms with Crippen LogP contribution in [0.2, 0.25) is 0 Å². The third kappa shape index (κ3) is 2.69. The lowest BCUT2D eigenvalue weighted by Gasteiger charge is -2.42. The third-order valence-corrected chi connectivity index (χ3v) is 4.74. The molecule has 2 aliphatic rings. The monoisotopic (exact) mass is 324 g/mol. The smallest absolute Gasteiger partial charge is 0.191 e. The molecule has 0 spiro atoms. The van der Waals surface area contributed by atoms with Crippen molar-refractivity contribution in [3.05, 3.63) is 35.9 Å². The van der Waals surface area contributed by atoms with Gasteiger partial charge in [-0.3, -0.25) is 0 Å². The Kier molecular flexibility index (Phi) is 4.25. The molecule has 0 aliphatic carbocycles. The summed E-state index contributed by atoms with van der Waals surface area (Å²) in [6.07, 6.45) is -1.23. The molecule has 6 heteroatoms. The number of benzene rings is 1. The second kappa shape index (κ2) is 5.81. The fourth-order valence-corrected chi connectivity index (χ4v) is 3.25. The molecule has 2 fully saturated rings. The van der Waals surface area contributed by atoms with E-state index in [-0.39, 0.29) is 0 Å². The van der Waals surface area contributed by atoms with Crippen LogP contribution in [0, 0.1) is 0 Å². The van der Waals surface area contributed by atoms with Crippen LogP contribution in [0.3, 0.4) is 0 Å². The molecule has 1 aromatic rings. The first-order valence-corrected chi connectivity index (χ1v) is 7.79. The molecular formula is C17H24O6. The van der Waals surface area contributed by atoms with E-state index < -0.39 is 42.6 Å². The van der Waals surface area contributed by atoms with Gasteiger partial charge in [-0.25, -0.2) is 0 Å². The van der Waals surface area contributed by atoms with Crippen molar-refractivity contribution in [1.29, 1.82) is 0 Å². The lowest BCUT2D eigenvalue weighted by Crippen LogP contribution is -2.61. The van der Waals surface area contributed by atoms with Crippen molar-refractivity contribution in [1.82, 2.24) is 0 Å². The van der Waals surface area contributed by atoms with Gasteiger partial charge in [-0.2, -0.15) is 0 Å². The van der Waals surface area contributed by atoms with Crippen LogP contribution in [0.1, 0.15) is 26.3 Å². The van der Waals surface area contributed by atoms with Gasteiger partial charge < -0.3 is 29.2 Å². The average Bonchev–Trinajstić information content (AvgIpc) is 2.96. The van der Waals surface area contributed by atoms with Crippen molar-refractivity contribution in [2.75, 3.05) is 13.2 Å². The first kappa shape index (κ1) is 16.8. The van der Waals surface area contributed by atoms with E-state index >= 15 is 0 Å². The van der Waals surface area contributed by atoms with Crippen LogP contribution in [0.4, 0.5) is 0 Å². The van der Waals surface area contributed by atoms with Crippen LogP contribution in [0.15, 0.2) is 30.3 Å². The Labute approximate surface area is 135 Å². The first-order valence-electron chi connectivity index (χ1n) is 7.79. The summed E-state index contributed by atoms with van der Waals surface area (Å²) < 4.78 is 23.6. The third-order valence-electron chi connectivity index (χ3n) is 4.74. The summed E-state index contributed by atoms with van der Waals surface area (Å²) in [6, 6.07) is 9.69. The minimum absolute atomic E-state index is 0.315. The lowest BCUT2D eigenvalue weighted by atomic mass is 9.83. The summed E-state index contributed by atoms with van der Waals surface area (Å²) in [7, 11) is 0. The first-order chi connectivity index (χ1) is 10.9. The van der Waals surface area contributed by atoms with E-state index in [9.17, 15) is 10.2 Å². The molecule has 0 radical (unpaired) electrons. The van der Waals surface area contributed by atoms with Crippen LogP contribution in [-0.4, -0.2) is 52.8 Å². The predicted octanol–water partition coefficient (Wildman–Crippen LogP) is 1.19. The van der Waals surface area contributed by atoms with E-state index in [0.29, 0.717) is 6.61 Å². The maximum absolute atomic E-state index is 9.86. The molecule has 2 aliphatic heterocycles. The number of aliphatic hydroxyl groups excluding tert-OH is 2. The van der Waals surface area contributed by atoms with Crippen LogP contribution >= 0.6 is 0 Å². The molecule has 0 aromatic heterocycles. The Morgan fingerprint density at radius 1 is 1.00 bits per heavy atom. The molecule has 2 heterocycles. The standard InChI is InChI=1S/C17H24O6/c1-15(2)21-13-14(22-15)23-17(10-18,11-19)16(13,3)20-9-12-7-5-4-6-8-12/h4-8,13-14,18-19H,9-11H2,1-3H3. The quantitative estimate of drug-likeness (QED) is 0.847. The van der Waals surface area contributed by atoms with Crippen LogP contribution in [0.25, 0.3) is 0 Å². The minimum atomic E-state index is -1.28. The zero-order chi connectivity index (χ0) is 16.7. The second-order valence-corrected chi connectivity index (χ2v) is 6.73. The zero-order valence-corrected chi connectivity index (χ0v) is 13.7. The summed E-state index contributed by atoms with van der Waals surface area (Å²) in [5.74, 6) is -0.802. The van der Waals surface area contributed by atoms with Crippen LogP contribution in [-0.2, 0) is 25.6 Å². The number of rotatable bonds is 5. The molecule has 3 atom stereocenters. The molecule has 6 nitrogen and oxygen atoms in total. The van der Waals surface area contributed by atoms with E-state index in [2.05, 4.69) is 0 Å². The molecule has 2 saturated heterocycles. The van der Waals surface area contributed by atoms with Crippen LogP contribution < -0.4 is 0 Å². The van der Waals surface area contributed by atoms with Gasteiger partial charge in [0.1, 0.15) is 17.3 Å². The summed E-state index contributed by atoms with van der Waals surface area (Å²) in [5.41, 5.74) is -1.35. The summed E-state index contributed by atoms with van der Waals surface area (Å²) in [5, 5.41) is 19.7. The molecule has 0 bridgehead atoms. The van der Waals surface area contributed by atoms with Gasteiger partial charge in [0.15, 0.2) is 12.1 Å². The van der Waals surface area contributed by atoms with Gasteiger partial charge in [-0.05, 0) is 26.3 Å². The number of aliphatic hydroxyl groups is 2. The highest BCUT2D eigenvalue weighted by Crippen LogP contribution is 2.50. The second-order valence-electron chi connectivity index (χ2n) is 6.73. The Bertz CT molecular complexity index is 541. The minimum Gasteiger partial charge on any atom is -0.393 e. The summed E-state index contributed by atoms with van der Waals surface area (Å²) in [4.78, 5) is 0. The predicted molar refractivity (Wildman–Crippen MR) is 81.4 cm³/mol. The topological polar surface area (TPSA) is 77.4 Å². The maximum Gasteiger partial charge on any atom is 0.191 e. The van der Waals surface area contributed by atoms with E-state index in [0.717, 1.165) is 5.56 Å². The van der Waals surface area contributed by atoms with Gasteiger partial charge in [0, 0.05) is 0 Å². The molecule has 3 rings (SSSR count). The lowest BCUT2D eigenvalue weighted by molar-refractivity contribution is -0.280. The molecule has 1 aromatic carbocycles. The zero-order valence-electron chi connectivity index (χ0n) is 13.7. The number of fused-ring (bicyclic) bond motifs is 1. The van der Waals surface area contributed by atoms with Gasteiger partial charge in [0.2, 0.25) is 0 Å². The number of hydrogen-bond donors (Lipinski definition) is 2. The Hall–Kier alpha value is -1.02. The molecule has 3 unspecified atom stereocenters. The van der Waals surface area contributed by atoms with Gasteiger partial charge in [0.25, 0.3) is 0 Å². The van der Waals surface area contributed by atoms with Gasteiger partial charge in [-0.15, -0.1) is 0 Å². The van der Waals surface area contributed by atoms with Crippen molar-refractivity contribution < 1.29 is 29.2 Å². The van der Waals surface area contributed by atoms with Gasteiger partial charge >= 0.3 is 0 Å². The maximum atomic E-state index is 9.86. The number of hydrogen-bond acceptors (Lipinski definition) is 6. The van der Waals surface area contributed by atoms with Crippen molar-refractivity contribution in [2.45, 2.75) is 56.8 Å². The SMILES string of the molecule is CC1(C)OC2OC(CO)(CO)C(C)(OCc3ccccc3)C2O1. The highest BCUT2D eigenvalue weighted by atomic mass is 16.8. The molecule has 0 saturated carbocycles. The largest absolute Gasteiger partial charge is 0.393 e. The highest BCUT2D eigenvalue weighted by Gasteiger charge is 2.69. The fraction of sp³-hybridized carbons (Fsp3) is 0.647. The molecular weight excluding hydrogens is 300 g/mol. The van der Waals surface area contributed by atoms with Crippen LogP contribution in [0.5, 0.6) is 0 Å². The average molecular weight is 324 g/mol. The van der Waals surface area contributed by atoms with E-state index in [1.165, 1.54) is 0 Å². The van der Waals surface area contributed by atoms with Crippen molar-refractivity contribution in [3.63, 3.8) is 0 Å². The molecule has 2 N–H and O–H groups in total. The fourth-order valence-electron chi connectivity index (χ4n) is 3.25. The molecule has 128 valence electrons. The highest BCUT2D eigenvalue weighted by molar-refractivity contribution is 5.16. The van der Waals surface area contributed by atoms with Crippen molar-refractivity contribution in [2.24, 2.45) is 0 Å². The van der Waals surface area contributed by atoms with Crippen molar-refractivity contribution in [3.8, 4) is 0 Å². The Morgan fingerprint density at radius 3 is 2.26 bits per heavy atom. The van der Waals surface area contributed by atoms with Gasteiger partial charge in [-0.1, -0.05) is 30.3 Å². The Balaban J connectivity index is 1.87. The van der Waals surface area contributed by atoms with E-state index in [1.807, 2.05) is 30.3 Å². The van der Waals surface area contributed by atoms with E-state index in [4.69, 9.17) is 18.9 Å². The normalized spacial score (nSPS) is 34.5. The van der Waals surface area contributed by atoms with Gasteiger partial charge in [0.05, 0.1) is 19.8 Å². The summed E-state index contributed by atoms with van der Waals surface area (Å²) in [6.45, 7) is 4.91. The van der Waals surface area contributed by atoms with E-state index in [1.54, 1.807) is 20.8 Å².